The number of aliphatic hydroxyl groups excluding tert-OH is 1. The summed E-state index contributed by atoms with van der Waals surface area (Å²) in [6.07, 6.45) is 18.6. The monoisotopic (exact) mass is 338 g/mol. The van der Waals surface area contributed by atoms with Gasteiger partial charge in [-0.25, -0.2) is 0 Å². The molecule has 0 saturated carbocycles. The summed E-state index contributed by atoms with van der Waals surface area (Å²) >= 11 is 0. The maximum atomic E-state index is 10.2. The van der Waals surface area contributed by atoms with Crippen molar-refractivity contribution in [1.82, 2.24) is 0 Å². The van der Waals surface area contributed by atoms with Gasteiger partial charge in [0, 0.05) is 12.6 Å². The number of carboxylic acid groups (broad SMARTS) is 1. The normalized spacial score (nSPS) is 10.4. The van der Waals surface area contributed by atoms with Crippen LogP contribution in [0, 0.1) is 0 Å². The van der Waals surface area contributed by atoms with E-state index in [0.29, 0.717) is 6.61 Å². The van der Waals surface area contributed by atoms with Gasteiger partial charge in [0.2, 0.25) is 0 Å². The van der Waals surface area contributed by atoms with Crippen LogP contribution in [0.4, 0.5) is 0 Å². The van der Waals surface area contributed by atoms with Crippen LogP contribution in [0.3, 0.4) is 0 Å². The minimum Gasteiger partial charge on any atom is -0.550 e. The molecule has 0 aromatic heterocycles. The van der Waals surface area contributed by atoms with Gasteiger partial charge in [0.1, 0.15) is 0 Å². The second-order valence-corrected chi connectivity index (χ2v) is 6.15. The first kappa shape index (κ1) is 25.3. The number of carbonyl (C=O) groups excluding carboxylic acids is 1. The number of carbonyl (C=O) groups is 1. The van der Waals surface area contributed by atoms with Crippen molar-refractivity contribution in [2.24, 2.45) is 0 Å². The van der Waals surface area contributed by atoms with Crippen LogP contribution in [0.2, 0.25) is 0 Å². The van der Waals surface area contributed by atoms with Crippen molar-refractivity contribution in [3.8, 4) is 0 Å². The van der Waals surface area contributed by atoms with Crippen LogP contribution in [0.25, 0.3) is 0 Å². The molecule has 0 aliphatic heterocycles. The molecule has 1 N–H and O–H groups in total. The van der Waals surface area contributed by atoms with Crippen LogP contribution in [0.1, 0.15) is 103 Å². The van der Waals surface area contributed by atoms with Gasteiger partial charge >= 0.3 is 51.4 Å². The van der Waals surface area contributed by atoms with Gasteiger partial charge in [-0.05, 0) is 19.3 Å². The smallest absolute Gasteiger partial charge is 0.550 e. The van der Waals surface area contributed by atoms with E-state index >= 15 is 0 Å². The molecule has 0 aliphatic rings. The summed E-state index contributed by atoms with van der Waals surface area (Å²) < 4.78 is 0. The minimum atomic E-state index is -0.914. The van der Waals surface area contributed by atoms with Crippen LogP contribution in [0.15, 0.2) is 0 Å². The Balaban J connectivity index is 0. The Kier molecular flexibility index (Phi) is 25.4. The Labute approximate surface area is 180 Å². The summed E-state index contributed by atoms with van der Waals surface area (Å²) in [7, 11) is 0. The Hall–Kier alpha value is 1.07. The fourth-order valence-electron chi connectivity index (χ4n) is 2.68. The number of hydrogen-bond donors (Lipinski definition) is 1. The zero-order valence-corrected chi connectivity index (χ0v) is 17.9. The van der Waals surface area contributed by atoms with E-state index in [1.54, 1.807) is 0 Å². The first-order valence-electron chi connectivity index (χ1n) is 9.08. The SMILES string of the molecule is O=C([O-])CCCCCCCCCCCCCCCCCO.[K+]. The van der Waals surface area contributed by atoms with Crippen molar-refractivity contribution in [2.45, 2.75) is 103 Å². The number of unbranched alkanes of at least 4 members (excludes halogenated alkanes) is 14. The van der Waals surface area contributed by atoms with Crippen LogP contribution in [-0.4, -0.2) is 17.7 Å². The van der Waals surface area contributed by atoms with Crippen molar-refractivity contribution in [3.05, 3.63) is 0 Å². The molecule has 0 spiro atoms. The summed E-state index contributed by atoms with van der Waals surface area (Å²) in [6.45, 7) is 0.344. The molecule has 0 aliphatic carbocycles. The van der Waals surface area contributed by atoms with Gasteiger partial charge in [0.05, 0.1) is 0 Å². The van der Waals surface area contributed by atoms with Gasteiger partial charge in [0.25, 0.3) is 0 Å². The fraction of sp³-hybridized carbons (Fsp3) is 0.944. The van der Waals surface area contributed by atoms with E-state index in [2.05, 4.69) is 0 Å². The largest absolute Gasteiger partial charge is 1.00 e. The number of aliphatic hydroxyl groups is 1. The second-order valence-electron chi connectivity index (χ2n) is 6.15. The van der Waals surface area contributed by atoms with Crippen molar-refractivity contribution < 1.29 is 66.4 Å². The zero-order valence-electron chi connectivity index (χ0n) is 14.8. The van der Waals surface area contributed by atoms with Crippen molar-refractivity contribution in [3.63, 3.8) is 0 Å². The molecular weight excluding hydrogens is 303 g/mol. The molecule has 0 radical (unpaired) electrons. The Morgan fingerprint density at radius 3 is 1.14 bits per heavy atom. The van der Waals surface area contributed by atoms with Crippen LogP contribution >= 0.6 is 0 Å². The van der Waals surface area contributed by atoms with E-state index in [4.69, 9.17) is 5.11 Å². The Morgan fingerprint density at radius 1 is 0.591 bits per heavy atom. The van der Waals surface area contributed by atoms with Gasteiger partial charge < -0.3 is 15.0 Å². The van der Waals surface area contributed by atoms with Crippen molar-refractivity contribution in [1.29, 1.82) is 0 Å². The summed E-state index contributed by atoms with van der Waals surface area (Å²) in [5.41, 5.74) is 0. The molecule has 0 bridgehead atoms. The molecule has 0 aromatic carbocycles. The third kappa shape index (κ3) is 23.3. The predicted octanol–water partition coefficient (Wildman–Crippen LogP) is 0.974. The summed E-state index contributed by atoms with van der Waals surface area (Å²) in [5, 5.41) is 18.9. The summed E-state index contributed by atoms with van der Waals surface area (Å²) in [6, 6.07) is 0. The maximum Gasteiger partial charge on any atom is 1.00 e. The topological polar surface area (TPSA) is 60.4 Å². The molecule has 126 valence electrons. The van der Waals surface area contributed by atoms with E-state index in [9.17, 15) is 9.90 Å². The van der Waals surface area contributed by atoms with Crippen LogP contribution in [0.5, 0.6) is 0 Å². The van der Waals surface area contributed by atoms with Crippen LogP contribution in [-0.2, 0) is 4.79 Å². The van der Waals surface area contributed by atoms with Crippen molar-refractivity contribution >= 4 is 5.97 Å². The molecule has 0 atom stereocenters. The molecule has 0 heterocycles. The second kappa shape index (κ2) is 22.1. The van der Waals surface area contributed by atoms with Gasteiger partial charge in [-0.2, -0.15) is 0 Å². The standard InChI is InChI=1S/C18H36O3.K/c19-17-15-13-11-9-7-5-3-1-2-4-6-8-10-12-14-16-18(20)21;/h19H,1-17H2,(H,20,21);/q;+1/p-1. The Bertz CT molecular complexity index is 222. The molecule has 0 unspecified atom stereocenters. The van der Waals surface area contributed by atoms with Crippen molar-refractivity contribution in [2.75, 3.05) is 6.61 Å². The average Bonchev–Trinajstić information content (AvgIpc) is 2.46. The molecule has 0 saturated heterocycles. The third-order valence-corrected chi connectivity index (χ3v) is 4.04. The average molecular weight is 339 g/mol. The fourth-order valence-corrected chi connectivity index (χ4v) is 2.68. The molecule has 22 heavy (non-hydrogen) atoms. The van der Waals surface area contributed by atoms with E-state index < -0.39 is 5.97 Å². The van der Waals surface area contributed by atoms with E-state index in [1.807, 2.05) is 0 Å². The number of rotatable bonds is 17. The molecular formula is C18H35KO3. The number of hydrogen-bond acceptors (Lipinski definition) is 3. The number of carboxylic acids is 1. The van der Waals surface area contributed by atoms with E-state index in [0.717, 1.165) is 19.3 Å². The van der Waals surface area contributed by atoms with Gasteiger partial charge in [0.15, 0.2) is 0 Å². The molecule has 4 heteroatoms. The summed E-state index contributed by atoms with van der Waals surface area (Å²) in [5.74, 6) is -0.914. The molecule has 0 rings (SSSR count). The third-order valence-electron chi connectivity index (χ3n) is 4.04. The molecule has 0 fully saturated rings. The molecule has 0 amide bonds. The van der Waals surface area contributed by atoms with Gasteiger partial charge in [-0.15, -0.1) is 0 Å². The van der Waals surface area contributed by atoms with E-state index in [1.165, 1.54) is 77.0 Å². The first-order valence-corrected chi connectivity index (χ1v) is 9.08. The predicted molar refractivity (Wildman–Crippen MR) is 86.0 cm³/mol. The quantitative estimate of drug-likeness (QED) is 0.318. The Morgan fingerprint density at radius 2 is 0.864 bits per heavy atom. The minimum absolute atomic E-state index is 0. The molecule has 3 nitrogen and oxygen atoms in total. The van der Waals surface area contributed by atoms with Crippen LogP contribution < -0.4 is 56.5 Å². The summed E-state index contributed by atoms with van der Waals surface area (Å²) in [4.78, 5) is 10.2. The maximum absolute atomic E-state index is 10.2. The van der Waals surface area contributed by atoms with E-state index in [-0.39, 0.29) is 57.8 Å². The molecule has 0 aromatic rings. The van der Waals surface area contributed by atoms with Gasteiger partial charge in [-0.1, -0.05) is 83.5 Å². The number of aliphatic carboxylic acids is 1. The van der Waals surface area contributed by atoms with Gasteiger partial charge in [-0.3, -0.25) is 0 Å². The first-order chi connectivity index (χ1) is 10.3. The zero-order chi connectivity index (χ0) is 15.6.